The molecule has 5 nitrogen and oxygen atoms in total. The summed E-state index contributed by atoms with van der Waals surface area (Å²) >= 11 is 7.67. The minimum atomic E-state index is -0.751. The lowest BCUT2D eigenvalue weighted by atomic mass is 9.49. The van der Waals surface area contributed by atoms with Gasteiger partial charge in [-0.15, -0.1) is 11.3 Å². The summed E-state index contributed by atoms with van der Waals surface area (Å²) in [6.07, 6.45) is 7.97. The van der Waals surface area contributed by atoms with Crippen molar-refractivity contribution in [3.05, 3.63) is 45.4 Å². The summed E-state index contributed by atoms with van der Waals surface area (Å²) in [7, 11) is 0. The van der Waals surface area contributed by atoms with Crippen molar-refractivity contribution in [2.24, 2.45) is 17.8 Å². The quantitative estimate of drug-likeness (QED) is 0.548. The fourth-order valence-electron chi connectivity index (χ4n) is 7.50. The molecule has 0 spiro atoms. The summed E-state index contributed by atoms with van der Waals surface area (Å²) in [6.45, 7) is 3.60. The second-order valence-electron chi connectivity index (χ2n) is 11.0. The number of carbonyl (C=O) groups excluding carboxylic acids is 1. The van der Waals surface area contributed by atoms with E-state index in [1.165, 1.54) is 55.6 Å². The van der Waals surface area contributed by atoms with Gasteiger partial charge in [-0.05, 0) is 74.5 Å². The minimum Gasteiger partial charge on any atom is -0.369 e. The van der Waals surface area contributed by atoms with Gasteiger partial charge in [-0.2, -0.15) is 5.26 Å². The molecule has 5 fully saturated rings. The number of thiazole rings is 1. The maximum atomic E-state index is 13.2. The van der Waals surface area contributed by atoms with Crippen molar-refractivity contribution >= 4 is 34.4 Å². The first kappa shape index (κ1) is 22.5. The maximum Gasteiger partial charge on any atom is 0.170 e. The Morgan fingerprint density at radius 1 is 1.15 bits per heavy atom. The molecule has 0 N–H and O–H groups in total. The van der Waals surface area contributed by atoms with Gasteiger partial charge in [0.05, 0.1) is 18.3 Å². The van der Waals surface area contributed by atoms with Crippen molar-refractivity contribution in [1.82, 2.24) is 9.88 Å². The third-order valence-corrected chi connectivity index (χ3v) is 9.87. The summed E-state index contributed by atoms with van der Waals surface area (Å²) in [5.74, 6) is 1.80. The Morgan fingerprint density at radius 2 is 1.82 bits per heavy atom. The van der Waals surface area contributed by atoms with Crippen molar-refractivity contribution in [1.29, 1.82) is 5.26 Å². The van der Waals surface area contributed by atoms with Gasteiger partial charge in [0.25, 0.3) is 0 Å². The van der Waals surface area contributed by atoms with Crippen LogP contribution in [0.4, 0.5) is 5.69 Å². The normalized spacial score (nSPS) is 31.4. The molecule has 1 atom stereocenters. The van der Waals surface area contributed by atoms with Gasteiger partial charge >= 0.3 is 0 Å². The molecule has 2 aromatic rings. The number of nitriles is 1. The van der Waals surface area contributed by atoms with E-state index in [-0.39, 0.29) is 11.2 Å². The van der Waals surface area contributed by atoms with E-state index in [9.17, 15) is 10.1 Å². The van der Waals surface area contributed by atoms with Crippen molar-refractivity contribution in [3.8, 4) is 6.07 Å². The lowest BCUT2D eigenvalue weighted by Gasteiger charge is -2.56. The summed E-state index contributed by atoms with van der Waals surface area (Å²) in [6, 6.07) is 10.2. The molecule has 1 saturated heterocycles. The van der Waals surface area contributed by atoms with Crippen LogP contribution in [-0.4, -0.2) is 48.4 Å². The topological polar surface area (TPSA) is 60.2 Å². The van der Waals surface area contributed by atoms with Crippen LogP contribution in [0.15, 0.2) is 29.6 Å². The Hall–Kier alpha value is -1.94. The lowest BCUT2D eigenvalue weighted by Crippen LogP contribution is -2.48. The first-order valence-electron chi connectivity index (χ1n) is 12.6. The van der Waals surface area contributed by atoms with Gasteiger partial charge in [0.2, 0.25) is 0 Å². The molecular formula is C27H31ClN4OS. The van der Waals surface area contributed by atoms with Crippen LogP contribution in [0, 0.1) is 29.1 Å². The number of halogens is 1. The standard InChI is InChI=1S/C27H31ClN4OS/c28-21-2-1-3-22(11-21)32-6-4-31(5-7-32)16-24(33)23(15-29)26-30-25(17-34-26)27-12-18-8-19(13-27)10-20(9-18)14-27/h1-3,11,17-20,23H,4-10,12-14,16H2. The zero-order valence-electron chi connectivity index (χ0n) is 19.5. The predicted molar refractivity (Wildman–Crippen MR) is 135 cm³/mol. The molecule has 1 unspecified atom stereocenters. The number of ketones is 1. The van der Waals surface area contributed by atoms with E-state index in [4.69, 9.17) is 16.6 Å². The molecule has 1 aromatic carbocycles. The SMILES string of the molecule is N#CC(C(=O)CN1CCN(c2cccc(Cl)c2)CC1)c1nc(C23CC4CC(CC(C4)C2)C3)cs1. The number of carbonyl (C=O) groups is 1. The molecule has 7 heteroatoms. The van der Waals surface area contributed by atoms with Crippen molar-refractivity contribution in [2.75, 3.05) is 37.6 Å². The van der Waals surface area contributed by atoms with E-state index in [1.54, 1.807) is 0 Å². The lowest BCUT2D eigenvalue weighted by molar-refractivity contribution is -0.120. The molecular weight excluding hydrogens is 464 g/mol. The Labute approximate surface area is 210 Å². The Morgan fingerprint density at radius 3 is 2.44 bits per heavy atom. The average molecular weight is 495 g/mol. The fourth-order valence-corrected chi connectivity index (χ4v) is 8.69. The number of anilines is 1. The van der Waals surface area contributed by atoms with Crippen LogP contribution in [0.5, 0.6) is 0 Å². The van der Waals surface area contributed by atoms with Gasteiger partial charge < -0.3 is 4.90 Å². The van der Waals surface area contributed by atoms with Gasteiger partial charge in [0, 0.05) is 47.7 Å². The summed E-state index contributed by atoms with van der Waals surface area (Å²) < 4.78 is 0. The predicted octanol–water partition coefficient (Wildman–Crippen LogP) is 5.26. The minimum absolute atomic E-state index is 0.0230. The smallest absolute Gasteiger partial charge is 0.170 e. The van der Waals surface area contributed by atoms with Crippen molar-refractivity contribution in [3.63, 3.8) is 0 Å². The molecule has 2 heterocycles. The molecule has 1 aromatic heterocycles. The molecule has 34 heavy (non-hydrogen) atoms. The van der Waals surface area contributed by atoms with E-state index >= 15 is 0 Å². The number of hydrogen-bond acceptors (Lipinski definition) is 6. The van der Waals surface area contributed by atoms with Crippen LogP contribution < -0.4 is 4.90 Å². The van der Waals surface area contributed by atoms with Gasteiger partial charge in [-0.1, -0.05) is 17.7 Å². The maximum absolute atomic E-state index is 13.2. The fraction of sp³-hybridized carbons (Fsp3) is 0.593. The van der Waals surface area contributed by atoms with Gasteiger partial charge in [-0.25, -0.2) is 4.98 Å². The van der Waals surface area contributed by atoms with E-state index in [0.29, 0.717) is 11.6 Å². The number of benzene rings is 1. The summed E-state index contributed by atoms with van der Waals surface area (Å²) in [4.78, 5) is 22.6. The molecule has 4 aliphatic carbocycles. The van der Waals surface area contributed by atoms with Crippen molar-refractivity contribution in [2.45, 2.75) is 49.9 Å². The molecule has 5 aliphatic rings. The number of rotatable bonds is 6. The third-order valence-electron chi connectivity index (χ3n) is 8.73. The van der Waals surface area contributed by atoms with E-state index < -0.39 is 5.92 Å². The second-order valence-corrected chi connectivity index (χ2v) is 12.4. The van der Waals surface area contributed by atoms with Gasteiger partial charge in [-0.3, -0.25) is 9.69 Å². The average Bonchev–Trinajstić information content (AvgIpc) is 3.30. The third kappa shape index (κ3) is 4.17. The van der Waals surface area contributed by atoms with Crippen LogP contribution in [0.2, 0.25) is 5.02 Å². The molecule has 178 valence electrons. The van der Waals surface area contributed by atoms with Crippen LogP contribution in [0.25, 0.3) is 0 Å². The first-order chi connectivity index (χ1) is 16.5. The van der Waals surface area contributed by atoms with Crippen LogP contribution >= 0.6 is 22.9 Å². The highest BCUT2D eigenvalue weighted by Gasteiger charge is 2.52. The van der Waals surface area contributed by atoms with Crippen LogP contribution in [-0.2, 0) is 10.2 Å². The number of hydrogen-bond donors (Lipinski definition) is 0. The second kappa shape index (κ2) is 8.93. The summed E-state index contributed by atoms with van der Waals surface area (Å²) in [5, 5.41) is 13.5. The number of piperazine rings is 1. The number of Topliss-reactive ketones (excluding diaryl/α,β-unsaturated/α-hetero) is 1. The molecule has 4 saturated carbocycles. The summed E-state index contributed by atoms with van der Waals surface area (Å²) in [5.41, 5.74) is 2.51. The zero-order chi connectivity index (χ0) is 23.3. The number of nitrogens with zero attached hydrogens (tertiary/aromatic N) is 4. The van der Waals surface area contributed by atoms with E-state index in [2.05, 4.69) is 27.3 Å². The highest BCUT2D eigenvalue weighted by atomic mass is 35.5. The Bertz CT molecular complexity index is 1080. The molecule has 1 aliphatic heterocycles. The molecule has 0 radical (unpaired) electrons. The van der Waals surface area contributed by atoms with Crippen LogP contribution in [0.3, 0.4) is 0 Å². The van der Waals surface area contributed by atoms with Gasteiger partial charge in [0.1, 0.15) is 5.01 Å². The number of aromatic nitrogens is 1. The zero-order valence-corrected chi connectivity index (χ0v) is 21.0. The van der Waals surface area contributed by atoms with Crippen LogP contribution in [0.1, 0.15) is 55.1 Å². The Balaban J connectivity index is 1.10. The highest BCUT2D eigenvalue weighted by molar-refractivity contribution is 7.10. The molecule has 7 rings (SSSR count). The Kier molecular flexibility index (Phi) is 5.91. The van der Waals surface area contributed by atoms with E-state index in [1.807, 2.05) is 18.2 Å². The monoisotopic (exact) mass is 494 g/mol. The van der Waals surface area contributed by atoms with E-state index in [0.717, 1.165) is 54.6 Å². The first-order valence-corrected chi connectivity index (χ1v) is 13.9. The van der Waals surface area contributed by atoms with Crippen molar-refractivity contribution < 1.29 is 4.79 Å². The largest absolute Gasteiger partial charge is 0.369 e. The molecule has 4 bridgehead atoms. The van der Waals surface area contributed by atoms with Gasteiger partial charge in [0.15, 0.2) is 11.7 Å². The molecule has 0 amide bonds. The highest BCUT2D eigenvalue weighted by Crippen LogP contribution is 2.60.